The Morgan fingerprint density at radius 2 is 2.04 bits per heavy atom. The van der Waals surface area contributed by atoms with Crippen molar-refractivity contribution in [2.45, 2.75) is 30.1 Å². The van der Waals surface area contributed by atoms with Gasteiger partial charge in [0.15, 0.2) is 5.16 Å². The first-order chi connectivity index (χ1) is 11.7. The van der Waals surface area contributed by atoms with Crippen molar-refractivity contribution in [1.82, 2.24) is 14.9 Å². The van der Waals surface area contributed by atoms with E-state index in [0.717, 1.165) is 24.0 Å². The van der Waals surface area contributed by atoms with Crippen LogP contribution in [0, 0.1) is 5.82 Å². The SMILES string of the molecule is CC(Sc1nccc(C(F)(F)F)n1)C(=O)N(C)Cc1cccc(F)c1. The van der Waals surface area contributed by atoms with Crippen LogP contribution in [0.15, 0.2) is 41.7 Å². The van der Waals surface area contributed by atoms with Gasteiger partial charge in [0.05, 0.1) is 5.25 Å². The molecule has 0 fully saturated rings. The first-order valence-electron chi connectivity index (χ1n) is 7.23. The van der Waals surface area contributed by atoms with Crippen molar-refractivity contribution >= 4 is 17.7 Å². The van der Waals surface area contributed by atoms with Crippen molar-refractivity contribution in [3.05, 3.63) is 53.6 Å². The lowest BCUT2D eigenvalue weighted by Gasteiger charge is -2.21. The summed E-state index contributed by atoms with van der Waals surface area (Å²) in [7, 11) is 1.54. The van der Waals surface area contributed by atoms with E-state index in [9.17, 15) is 22.4 Å². The van der Waals surface area contributed by atoms with Crippen LogP contribution in [0.2, 0.25) is 0 Å². The number of nitrogens with zero attached hydrogens (tertiary/aromatic N) is 3. The standard InChI is InChI=1S/C16H15F4N3OS/c1-10(25-15-21-7-6-13(22-15)16(18,19)20)14(24)23(2)9-11-4-3-5-12(17)8-11/h3-8,10H,9H2,1-2H3. The molecule has 1 unspecified atom stereocenters. The first kappa shape index (κ1) is 19.2. The molecule has 0 bridgehead atoms. The van der Waals surface area contributed by atoms with E-state index < -0.39 is 22.9 Å². The van der Waals surface area contributed by atoms with E-state index in [0.29, 0.717) is 5.56 Å². The summed E-state index contributed by atoms with van der Waals surface area (Å²) in [6.07, 6.45) is -3.56. The molecule has 0 saturated heterocycles. The molecule has 0 spiro atoms. The number of amides is 1. The van der Waals surface area contributed by atoms with Gasteiger partial charge in [-0.25, -0.2) is 14.4 Å². The molecular formula is C16H15F4N3OS. The second-order valence-corrected chi connectivity index (χ2v) is 6.61. The fourth-order valence-corrected chi connectivity index (χ4v) is 2.93. The Balaban J connectivity index is 2.02. The Morgan fingerprint density at radius 3 is 2.68 bits per heavy atom. The third-order valence-corrected chi connectivity index (χ3v) is 4.20. The zero-order chi connectivity index (χ0) is 18.6. The summed E-state index contributed by atoms with van der Waals surface area (Å²) in [5.41, 5.74) is -0.443. The predicted octanol–water partition coefficient (Wildman–Crippen LogP) is 3.77. The summed E-state index contributed by atoms with van der Waals surface area (Å²) < 4.78 is 51.2. The second-order valence-electron chi connectivity index (χ2n) is 5.31. The molecule has 1 amide bonds. The topological polar surface area (TPSA) is 46.1 Å². The van der Waals surface area contributed by atoms with Gasteiger partial charge in [0.2, 0.25) is 5.91 Å². The highest BCUT2D eigenvalue weighted by Gasteiger charge is 2.33. The van der Waals surface area contributed by atoms with Gasteiger partial charge >= 0.3 is 6.18 Å². The summed E-state index contributed by atoms with van der Waals surface area (Å²) in [6, 6.07) is 6.61. The minimum Gasteiger partial charge on any atom is -0.340 e. The number of carbonyl (C=O) groups excluding carboxylic acids is 1. The second kappa shape index (κ2) is 7.81. The summed E-state index contributed by atoms with van der Waals surface area (Å²) in [4.78, 5) is 20.9. The average molecular weight is 373 g/mol. The molecule has 2 rings (SSSR count). The van der Waals surface area contributed by atoms with E-state index in [2.05, 4.69) is 9.97 Å². The predicted molar refractivity (Wildman–Crippen MR) is 85.2 cm³/mol. The third-order valence-electron chi connectivity index (χ3n) is 3.24. The number of hydrogen-bond donors (Lipinski definition) is 0. The van der Waals surface area contributed by atoms with Crippen LogP contribution >= 0.6 is 11.8 Å². The van der Waals surface area contributed by atoms with Gasteiger partial charge in [0.25, 0.3) is 0 Å². The monoisotopic (exact) mass is 373 g/mol. The van der Waals surface area contributed by atoms with E-state index in [1.165, 1.54) is 30.1 Å². The quantitative estimate of drug-likeness (QED) is 0.455. The van der Waals surface area contributed by atoms with Gasteiger partial charge < -0.3 is 4.90 Å². The van der Waals surface area contributed by atoms with Gasteiger partial charge in [0, 0.05) is 19.8 Å². The number of hydrogen-bond acceptors (Lipinski definition) is 4. The van der Waals surface area contributed by atoms with Gasteiger partial charge in [-0.15, -0.1) is 0 Å². The number of benzene rings is 1. The normalized spacial score (nSPS) is 12.7. The number of alkyl halides is 3. The van der Waals surface area contributed by atoms with Crippen LogP contribution in [0.1, 0.15) is 18.2 Å². The minimum atomic E-state index is -4.57. The van der Waals surface area contributed by atoms with Gasteiger partial charge in [-0.2, -0.15) is 13.2 Å². The molecule has 134 valence electrons. The average Bonchev–Trinajstić information content (AvgIpc) is 2.53. The molecule has 1 heterocycles. The molecule has 1 aromatic carbocycles. The van der Waals surface area contributed by atoms with Gasteiger partial charge in [-0.05, 0) is 30.7 Å². The lowest BCUT2D eigenvalue weighted by atomic mass is 10.2. The maximum atomic E-state index is 13.2. The molecule has 0 aliphatic carbocycles. The Labute approximate surface area is 146 Å². The van der Waals surface area contributed by atoms with Crippen LogP contribution in [-0.2, 0) is 17.5 Å². The van der Waals surface area contributed by atoms with Crippen molar-refractivity contribution in [2.24, 2.45) is 0 Å². The maximum Gasteiger partial charge on any atom is 0.433 e. The van der Waals surface area contributed by atoms with Crippen molar-refractivity contribution in [2.75, 3.05) is 7.05 Å². The lowest BCUT2D eigenvalue weighted by molar-refractivity contribution is -0.141. The van der Waals surface area contributed by atoms with Gasteiger partial charge in [0.1, 0.15) is 11.5 Å². The first-order valence-corrected chi connectivity index (χ1v) is 8.11. The van der Waals surface area contributed by atoms with E-state index in [-0.39, 0.29) is 17.6 Å². The van der Waals surface area contributed by atoms with E-state index in [1.54, 1.807) is 13.0 Å². The fraction of sp³-hybridized carbons (Fsp3) is 0.312. The molecule has 1 atom stereocenters. The molecule has 0 aliphatic heterocycles. The Hall–Kier alpha value is -2.16. The Kier molecular flexibility index (Phi) is 5.99. The highest BCUT2D eigenvalue weighted by atomic mass is 32.2. The van der Waals surface area contributed by atoms with Crippen LogP contribution in [-0.4, -0.2) is 33.1 Å². The summed E-state index contributed by atoms with van der Waals surface area (Å²) in [5, 5.41) is -0.822. The molecule has 0 saturated carbocycles. The smallest absolute Gasteiger partial charge is 0.340 e. The summed E-state index contributed by atoms with van der Waals surface area (Å²) in [5.74, 6) is -0.728. The van der Waals surface area contributed by atoms with E-state index in [1.807, 2.05) is 0 Å². The van der Waals surface area contributed by atoms with Crippen molar-refractivity contribution in [3.63, 3.8) is 0 Å². The van der Waals surface area contributed by atoms with Crippen molar-refractivity contribution in [3.8, 4) is 0 Å². The molecule has 4 nitrogen and oxygen atoms in total. The highest BCUT2D eigenvalue weighted by Crippen LogP contribution is 2.29. The van der Waals surface area contributed by atoms with Crippen LogP contribution in [0.4, 0.5) is 17.6 Å². The fourth-order valence-electron chi connectivity index (χ4n) is 2.06. The Morgan fingerprint density at radius 1 is 1.32 bits per heavy atom. The van der Waals surface area contributed by atoms with Crippen LogP contribution in [0.3, 0.4) is 0 Å². The van der Waals surface area contributed by atoms with Crippen LogP contribution in [0.25, 0.3) is 0 Å². The maximum absolute atomic E-state index is 13.2. The largest absolute Gasteiger partial charge is 0.433 e. The van der Waals surface area contributed by atoms with Crippen molar-refractivity contribution < 1.29 is 22.4 Å². The molecule has 9 heteroatoms. The molecule has 0 N–H and O–H groups in total. The summed E-state index contributed by atoms with van der Waals surface area (Å²) >= 11 is 0.836. The van der Waals surface area contributed by atoms with Gasteiger partial charge in [-0.3, -0.25) is 4.79 Å². The third kappa shape index (κ3) is 5.42. The highest BCUT2D eigenvalue weighted by molar-refractivity contribution is 8.00. The molecule has 2 aromatic rings. The zero-order valence-electron chi connectivity index (χ0n) is 13.4. The Bertz CT molecular complexity index is 754. The summed E-state index contributed by atoms with van der Waals surface area (Å²) in [6.45, 7) is 1.74. The molecular weight excluding hydrogens is 358 g/mol. The van der Waals surface area contributed by atoms with Gasteiger partial charge in [-0.1, -0.05) is 23.9 Å². The van der Waals surface area contributed by atoms with E-state index >= 15 is 0 Å². The molecule has 1 aromatic heterocycles. The number of carbonyl (C=O) groups is 1. The minimum absolute atomic E-state index is 0.130. The van der Waals surface area contributed by atoms with Crippen molar-refractivity contribution in [1.29, 1.82) is 0 Å². The zero-order valence-corrected chi connectivity index (χ0v) is 14.2. The van der Waals surface area contributed by atoms with Crippen LogP contribution < -0.4 is 0 Å². The molecule has 0 radical (unpaired) electrons. The van der Waals surface area contributed by atoms with Crippen LogP contribution in [0.5, 0.6) is 0 Å². The number of thioether (sulfide) groups is 1. The number of halogens is 4. The number of rotatable bonds is 5. The molecule has 0 aliphatic rings. The number of aromatic nitrogens is 2. The van der Waals surface area contributed by atoms with E-state index in [4.69, 9.17) is 0 Å². The molecule has 25 heavy (non-hydrogen) atoms. The lowest BCUT2D eigenvalue weighted by Crippen LogP contribution is -2.33.